The van der Waals surface area contributed by atoms with Gasteiger partial charge in [-0.15, -0.1) is 0 Å². The van der Waals surface area contributed by atoms with Gasteiger partial charge in [-0.3, -0.25) is 19.7 Å². The van der Waals surface area contributed by atoms with Crippen LogP contribution < -0.4 is 10.6 Å². The van der Waals surface area contributed by atoms with Gasteiger partial charge in [-0.05, 0) is 87.1 Å². The molecule has 0 aliphatic heterocycles. The van der Waals surface area contributed by atoms with Crippen molar-refractivity contribution in [2.75, 3.05) is 6.54 Å². The van der Waals surface area contributed by atoms with E-state index in [0.29, 0.717) is 6.42 Å². The molecule has 3 atom stereocenters. The van der Waals surface area contributed by atoms with Gasteiger partial charge in [0.1, 0.15) is 35.1 Å². The minimum Gasteiger partial charge on any atom is -0.460 e. The highest BCUT2D eigenvalue weighted by molar-refractivity contribution is 5.89. The normalized spacial score (nSPS) is 14.4. The second-order valence-corrected chi connectivity index (χ2v) is 11.8. The lowest BCUT2D eigenvalue weighted by atomic mass is 10.1. The molecule has 0 bridgehead atoms. The first-order valence-electron chi connectivity index (χ1n) is 12.6. The summed E-state index contributed by atoms with van der Waals surface area (Å²) in [5, 5.41) is 18.9. The fourth-order valence-electron chi connectivity index (χ4n) is 3.01. The standard InChI is InChI=1S/C25H45N5O8/c1-23(2,3)36-20(33)13-12-16(21(34)37-24(4,5)6)28-19(32)15-17(22(35)38-25(7,8)9)29-18(31)11-10-14-27-30-26/h16-18,29,31H,10-15H2,1-9H3,(H,28,32)/t16-,17-,18?/m0/s1. The molecule has 3 N–H and O–H groups in total. The molecular weight excluding hydrogens is 498 g/mol. The van der Waals surface area contributed by atoms with Crippen molar-refractivity contribution in [1.29, 1.82) is 0 Å². The Kier molecular flexibility index (Phi) is 14.3. The highest BCUT2D eigenvalue weighted by atomic mass is 16.6. The zero-order valence-corrected chi connectivity index (χ0v) is 24.1. The molecular formula is C25H45N5O8. The number of hydrogen-bond donors (Lipinski definition) is 3. The predicted molar refractivity (Wildman–Crippen MR) is 139 cm³/mol. The number of carbonyl (C=O) groups is 4. The molecule has 13 nitrogen and oxygen atoms in total. The van der Waals surface area contributed by atoms with E-state index in [1.54, 1.807) is 62.3 Å². The molecule has 0 saturated carbocycles. The molecule has 0 aliphatic carbocycles. The van der Waals surface area contributed by atoms with E-state index in [0.717, 1.165) is 0 Å². The number of rotatable bonds is 14. The van der Waals surface area contributed by atoms with Crippen LogP contribution in [-0.2, 0) is 33.4 Å². The van der Waals surface area contributed by atoms with E-state index in [1.807, 2.05) is 0 Å². The lowest BCUT2D eigenvalue weighted by Gasteiger charge is -2.27. The van der Waals surface area contributed by atoms with Crippen molar-refractivity contribution in [1.82, 2.24) is 10.6 Å². The summed E-state index contributed by atoms with van der Waals surface area (Å²) >= 11 is 0. The first-order valence-corrected chi connectivity index (χ1v) is 12.6. The number of nitrogens with zero attached hydrogens (tertiary/aromatic N) is 3. The molecule has 0 aromatic heterocycles. The summed E-state index contributed by atoms with van der Waals surface area (Å²) in [6.45, 7) is 15.3. The van der Waals surface area contributed by atoms with Gasteiger partial charge in [-0.2, -0.15) is 0 Å². The minimum atomic E-state index is -1.24. The SMILES string of the molecule is CC(C)(C)OC(=O)CC[C@H](NC(=O)C[C@H](NC(O)CCCN=[N+]=[N-])C(=O)OC(C)(C)C)C(=O)OC(C)(C)C. The zero-order chi connectivity index (χ0) is 29.7. The number of hydrogen-bond acceptors (Lipinski definition) is 10. The first kappa shape index (κ1) is 35.1. The third-order valence-corrected chi connectivity index (χ3v) is 4.36. The number of azide groups is 1. The van der Waals surface area contributed by atoms with Gasteiger partial charge in [0.15, 0.2) is 0 Å². The second-order valence-electron chi connectivity index (χ2n) is 11.8. The minimum absolute atomic E-state index is 0.0812. The Morgan fingerprint density at radius 3 is 1.82 bits per heavy atom. The summed E-state index contributed by atoms with van der Waals surface area (Å²) in [7, 11) is 0. The van der Waals surface area contributed by atoms with E-state index in [9.17, 15) is 24.3 Å². The number of nitrogens with one attached hydrogen (secondary N) is 2. The summed E-state index contributed by atoms with van der Waals surface area (Å²) in [5.74, 6) is -2.76. The van der Waals surface area contributed by atoms with Crippen LogP contribution in [0.25, 0.3) is 10.4 Å². The first-order chi connectivity index (χ1) is 17.2. The molecule has 0 heterocycles. The Balaban J connectivity index is 5.54. The molecule has 0 radical (unpaired) electrons. The van der Waals surface area contributed by atoms with E-state index in [4.69, 9.17) is 19.7 Å². The number of carbonyl (C=O) groups excluding carboxylic acids is 4. The number of ether oxygens (including phenoxy) is 3. The largest absolute Gasteiger partial charge is 0.460 e. The van der Waals surface area contributed by atoms with Crippen LogP contribution in [0, 0.1) is 0 Å². The number of esters is 3. The Hall–Kier alpha value is -2.89. The molecule has 0 aromatic carbocycles. The molecule has 0 fully saturated rings. The molecule has 13 heteroatoms. The molecule has 0 aromatic rings. The lowest BCUT2D eigenvalue weighted by molar-refractivity contribution is -0.160. The van der Waals surface area contributed by atoms with Crippen LogP contribution in [0.2, 0.25) is 0 Å². The van der Waals surface area contributed by atoms with E-state index in [2.05, 4.69) is 20.7 Å². The summed E-state index contributed by atoms with van der Waals surface area (Å²) < 4.78 is 16.0. The smallest absolute Gasteiger partial charge is 0.329 e. The van der Waals surface area contributed by atoms with Crippen LogP contribution in [0.15, 0.2) is 5.11 Å². The van der Waals surface area contributed by atoms with Gasteiger partial charge in [0, 0.05) is 17.9 Å². The van der Waals surface area contributed by atoms with Crippen molar-refractivity contribution in [3.05, 3.63) is 10.4 Å². The molecule has 0 saturated heterocycles. The lowest BCUT2D eigenvalue weighted by Crippen LogP contribution is -2.50. The predicted octanol–water partition coefficient (Wildman–Crippen LogP) is 3.03. The van der Waals surface area contributed by atoms with Crippen molar-refractivity contribution in [2.45, 2.75) is 130 Å². The highest BCUT2D eigenvalue weighted by Crippen LogP contribution is 2.15. The topological polar surface area (TPSA) is 189 Å². The van der Waals surface area contributed by atoms with Crippen molar-refractivity contribution in [3.63, 3.8) is 0 Å². The number of amides is 1. The Morgan fingerprint density at radius 2 is 1.34 bits per heavy atom. The van der Waals surface area contributed by atoms with Crippen LogP contribution in [0.4, 0.5) is 0 Å². The zero-order valence-electron chi connectivity index (χ0n) is 24.1. The van der Waals surface area contributed by atoms with E-state index in [-0.39, 0.29) is 25.8 Å². The van der Waals surface area contributed by atoms with Crippen molar-refractivity contribution in [2.24, 2.45) is 5.11 Å². The van der Waals surface area contributed by atoms with Crippen molar-refractivity contribution < 1.29 is 38.5 Å². The quantitative estimate of drug-likeness (QED) is 0.0562. The second kappa shape index (κ2) is 15.5. The highest BCUT2D eigenvalue weighted by Gasteiger charge is 2.32. The van der Waals surface area contributed by atoms with Crippen LogP contribution in [0.5, 0.6) is 0 Å². The average molecular weight is 544 g/mol. The van der Waals surface area contributed by atoms with Crippen molar-refractivity contribution in [3.8, 4) is 0 Å². The van der Waals surface area contributed by atoms with Gasteiger partial charge < -0.3 is 24.6 Å². The molecule has 218 valence electrons. The van der Waals surface area contributed by atoms with E-state index < -0.39 is 65.4 Å². The van der Waals surface area contributed by atoms with Crippen LogP contribution in [-0.4, -0.2) is 70.6 Å². The Bertz CT molecular complexity index is 851. The van der Waals surface area contributed by atoms with Gasteiger partial charge >= 0.3 is 17.9 Å². The fourth-order valence-corrected chi connectivity index (χ4v) is 3.01. The van der Waals surface area contributed by atoms with Crippen LogP contribution >= 0.6 is 0 Å². The third-order valence-electron chi connectivity index (χ3n) is 4.36. The maximum absolute atomic E-state index is 12.9. The van der Waals surface area contributed by atoms with Crippen molar-refractivity contribution >= 4 is 23.8 Å². The Morgan fingerprint density at radius 1 is 0.842 bits per heavy atom. The van der Waals surface area contributed by atoms with Gasteiger partial charge in [0.25, 0.3) is 0 Å². The number of aliphatic hydroxyl groups excluding tert-OH is 1. The molecule has 1 amide bonds. The maximum atomic E-state index is 12.9. The monoisotopic (exact) mass is 543 g/mol. The van der Waals surface area contributed by atoms with Gasteiger partial charge in [-0.25, -0.2) is 4.79 Å². The molecule has 0 aliphatic rings. The summed E-state index contributed by atoms with van der Waals surface area (Å²) in [5.41, 5.74) is 5.96. The van der Waals surface area contributed by atoms with Crippen LogP contribution in [0.1, 0.15) is 94.4 Å². The molecule has 0 rings (SSSR count). The summed E-state index contributed by atoms with van der Waals surface area (Å²) in [4.78, 5) is 53.3. The summed E-state index contributed by atoms with van der Waals surface area (Å²) in [6.07, 6.45) is -1.40. The fraction of sp³-hybridized carbons (Fsp3) is 0.840. The van der Waals surface area contributed by atoms with Crippen LogP contribution in [0.3, 0.4) is 0 Å². The maximum Gasteiger partial charge on any atom is 0.329 e. The average Bonchev–Trinajstić information content (AvgIpc) is 2.69. The Labute approximate surface area is 225 Å². The van der Waals surface area contributed by atoms with E-state index >= 15 is 0 Å². The summed E-state index contributed by atoms with van der Waals surface area (Å²) in [6, 6.07) is -2.42. The molecule has 0 spiro atoms. The van der Waals surface area contributed by atoms with Gasteiger partial charge in [-0.1, -0.05) is 5.11 Å². The van der Waals surface area contributed by atoms with Gasteiger partial charge in [0.2, 0.25) is 5.91 Å². The van der Waals surface area contributed by atoms with E-state index in [1.165, 1.54) is 0 Å². The molecule has 38 heavy (non-hydrogen) atoms. The third kappa shape index (κ3) is 18.4. The molecule has 1 unspecified atom stereocenters. The number of aliphatic hydroxyl groups is 1. The van der Waals surface area contributed by atoms with Gasteiger partial charge in [0.05, 0.1) is 6.42 Å².